The summed E-state index contributed by atoms with van der Waals surface area (Å²) in [5.41, 5.74) is -0.694. The molecule has 10 nitrogen and oxygen atoms in total. The number of esters is 1. The van der Waals surface area contributed by atoms with Crippen LogP contribution in [-0.2, 0) is 28.7 Å². The number of carbonyl (C=O) groups is 4. The van der Waals surface area contributed by atoms with Gasteiger partial charge in [-0.15, -0.1) is 0 Å². The molecule has 4 aliphatic heterocycles. The first kappa shape index (κ1) is 30.4. The third-order valence-electron chi connectivity index (χ3n) is 8.72. The number of nitrogens with one attached hydrogen (secondary N) is 1. The molecule has 11 heteroatoms. The van der Waals surface area contributed by atoms with Gasteiger partial charge in [0.25, 0.3) is 0 Å². The molecule has 1 aromatic carbocycles. The number of benzene rings is 1. The molecule has 7 atom stereocenters. The highest BCUT2D eigenvalue weighted by molar-refractivity contribution is 9.11. The summed E-state index contributed by atoms with van der Waals surface area (Å²) in [5.74, 6) is -3.58. The van der Waals surface area contributed by atoms with Crippen LogP contribution in [-0.4, -0.2) is 88.6 Å². The van der Waals surface area contributed by atoms with Crippen molar-refractivity contribution in [3.8, 4) is 0 Å². The van der Waals surface area contributed by atoms with Gasteiger partial charge >= 0.3 is 5.97 Å². The van der Waals surface area contributed by atoms with E-state index in [0.717, 1.165) is 12.8 Å². The number of halogens is 1. The molecule has 0 aromatic heterocycles. The highest BCUT2D eigenvalue weighted by Gasteiger charge is 2.75. The summed E-state index contributed by atoms with van der Waals surface area (Å²) in [6.07, 6.45) is 6.23. The van der Waals surface area contributed by atoms with Crippen molar-refractivity contribution in [2.45, 2.75) is 69.4 Å². The zero-order valence-electron chi connectivity index (χ0n) is 23.9. The van der Waals surface area contributed by atoms with E-state index in [4.69, 9.17) is 9.47 Å². The van der Waals surface area contributed by atoms with Crippen molar-refractivity contribution in [2.24, 2.45) is 11.8 Å². The molecule has 0 aliphatic carbocycles. The molecule has 1 unspecified atom stereocenters. The maximum atomic E-state index is 14.5. The van der Waals surface area contributed by atoms with Crippen LogP contribution >= 0.6 is 15.9 Å². The van der Waals surface area contributed by atoms with Crippen LogP contribution in [0.25, 0.3) is 0 Å². The van der Waals surface area contributed by atoms with Crippen molar-refractivity contribution in [1.82, 2.24) is 15.1 Å². The predicted molar refractivity (Wildman–Crippen MR) is 157 cm³/mol. The first-order chi connectivity index (χ1) is 20.2. The molecule has 226 valence electrons. The minimum absolute atomic E-state index is 0.0668. The molecule has 5 bridgehead atoms. The predicted octanol–water partition coefficient (Wildman–Crippen LogP) is 2.62. The van der Waals surface area contributed by atoms with Gasteiger partial charge in [-0.1, -0.05) is 71.8 Å². The number of cyclic esters (lactones) is 1. The SMILES string of the molecule is CCCC(C)N1C/C=C\CCC(=O)NC[C@@H](c2ccccc2)OC(=O)[C@@H]2[C@H]3O[C@@]4(C=C3Br)[C@H](C1=O)N(CCO)C(=O)[C@@H]24. The molecule has 3 amide bonds. The number of fused-ring (bicyclic) bond motifs is 2. The molecular weight excluding hydrogens is 606 g/mol. The summed E-state index contributed by atoms with van der Waals surface area (Å²) in [4.78, 5) is 58.2. The van der Waals surface area contributed by atoms with E-state index < -0.39 is 47.6 Å². The number of aliphatic hydroxyl groups is 1. The van der Waals surface area contributed by atoms with Crippen LogP contribution in [0.15, 0.2) is 53.0 Å². The van der Waals surface area contributed by atoms with E-state index in [9.17, 15) is 24.3 Å². The first-order valence-corrected chi connectivity index (χ1v) is 15.5. The van der Waals surface area contributed by atoms with Gasteiger partial charge in [0, 0.05) is 30.0 Å². The van der Waals surface area contributed by atoms with Crippen molar-refractivity contribution in [2.75, 3.05) is 26.2 Å². The van der Waals surface area contributed by atoms with Gasteiger partial charge in [-0.25, -0.2) is 0 Å². The third-order valence-corrected chi connectivity index (χ3v) is 9.40. The molecule has 2 N–H and O–H groups in total. The topological polar surface area (TPSA) is 125 Å². The van der Waals surface area contributed by atoms with Crippen LogP contribution in [0.1, 0.15) is 51.2 Å². The van der Waals surface area contributed by atoms with Crippen LogP contribution in [0.2, 0.25) is 0 Å². The van der Waals surface area contributed by atoms with Gasteiger partial charge in [0.05, 0.1) is 19.1 Å². The second-order valence-corrected chi connectivity index (χ2v) is 12.3. The molecular formula is C31H38BrN3O7. The minimum Gasteiger partial charge on any atom is -0.455 e. The maximum absolute atomic E-state index is 14.5. The molecule has 0 saturated carbocycles. The molecule has 4 aliphatic rings. The third kappa shape index (κ3) is 5.42. The van der Waals surface area contributed by atoms with Gasteiger partial charge in [-0.05, 0) is 31.4 Å². The maximum Gasteiger partial charge on any atom is 0.313 e. The van der Waals surface area contributed by atoms with Gasteiger partial charge in [0.2, 0.25) is 17.7 Å². The Hall–Kier alpha value is -3.02. The van der Waals surface area contributed by atoms with Crippen LogP contribution in [0.5, 0.6) is 0 Å². The number of rotatable bonds is 6. The fourth-order valence-corrected chi connectivity index (χ4v) is 7.50. The zero-order chi connectivity index (χ0) is 30.0. The summed E-state index contributed by atoms with van der Waals surface area (Å²) in [6, 6.07) is 7.91. The van der Waals surface area contributed by atoms with Crippen LogP contribution < -0.4 is 5.32 Å². The van der Waals surface area contributed by atoms with E-state index in [1.165, 1.54) is 4.90 Å². The number of hydrogen-bond acceptors (Lipinski definition) is 7. The second-order valence-electron chi connectivity index (χ2n) is 11.4. The summed E-state index contributed by atoms with van der Waals surface area (Å²) in [5, 5.41) is 12.8. The molecule has 42 heavy (non-hydrogen) atoms. The van der Waals surface area contributed by atoms with Gasteiger partial charge in [0.15, 0.2) is 0 Å². The lowest BCUT2D eigenvalue weighted by Crippen LogP contribution is -2.57. The molecule has 1 aromatic rings. The summed E-state index contributed by atoms with van der Waals surface area (Å²) in [7, 11) is 0. The number of hydrogen-bond donors (Lipinski definition) is 2. The van der Waals surface area contributed by atoms with E-state index >= 15 is 0 Å². The quantitative estimate of drug-likeness (QED) is 0.361. The van der Waals surface area contributed by atoms with E-state index in [1.807, 2.05) is 56.3 Å². The van der Waals surface area contributed by atoms with Crippen molar-refractivity contribution in [3.63, 3.8) is 0 Å². The zero-order valence-corrected chi connectivity index (χ0v) is 25.5. The lowest BCUT2D eigenvalue weighted by molar-refractivity contribution is -0.160. The van der Waals surface area contributed by atoms with Crippen molar-refractivity contribution < 1.29 is 33.8 Å². The van der Waals surface area contributed by atoms with Crippen LogP contribution in [0, 0.1) is 11.8 Å². The Labute approximate surface area is 254 Å². The monoisotopic (exact) mass is 643 g/mol. The Balaban J connectivity index is 1.58. The Morgan fingerprint density at radius 1 is 1.14 bits per heavy atom. The lowest BCUT2D eigenvalue weighted by atomic mass is 9.74. The van der Waals surface area contributed by atoms with Crippen LogP contribution in [0.4, 0.5) is 0 Å². The van der Waals surface area contributed by atoms with E-state index in [1.54, 1.807) is 11.0 Å². The average Bonchev–Trinajstić information content (AvgIpc) is 3.56. The summed E-state index contributed by atoms with van der Waals surface area (Å²) < 4.78 is 13.1. The first-order valence-electron chi connectivity index (χ1n) is 14.7. The highest BCUT2D eigenvalue weighted by Crippen LogP contribution is 2.59. The van der Waals surface area contributed by atoms with Crippen LogP contribution in [0.3, 0.4) is 0 Å². The van der Waals surface area contributed by atoms with Crippen molar-refractivity contribution in [1.29, 1.82) is 0 Å². The second kappa shape index (κ2) is 12.7. The number of ether oxygens (including phenoxy) is 2. The van der Waals surface area contributed by atoms with Crippen molar-refractivity contribution >= 4 is 39.6 Å². The standard InChI is InChI=1S/C31H38BrN3O7/c1-3-10-19(2)34-14-9-5-8-13-23(37)33-18-22(20-11-6-4-7-12-20)41-30(40)24-25-28(38)35(15-16-36)27(29(34)39)31(25)17-21(32)26(24)42-31/h4-7,9,11-12,17,19,22,24-27,36H,3,8,10,13-16,18H2,1-2H3,(H,33,37)/b9-5-/t19?,22-,24-,25+,26-,27-,31+/m0/s1. The van der Waals surface area contributed by atoms with E-state index in [2.05, 4.69) is 21.2 Å². The number of likely N-dealkylation sites (tertiary alicyclic amines) is 1. The summed E-state index contributed by atoms with van der Waals surface area (Å²) >= 11 is 3.55. The largest absolute Gasteiger partial charge is 0.455 e. The molecule has 5 rings (SSSR count). The Bertz CT molecular complexity index is 1270. The fraction of sp³-hybridized carbons (Fsp3) is 0.548. The normalized spacial score (nSPS) is 33.2. The number of nitrogens with zero attached hydrogens (tertiary/aromatic N) is 2. The lowest BCUT2D eigenvalue weighted by Gasteiger charge is -2.38. The van der Waals surface area contributed by atoms with Gasteiger partial charge in [-0.3, -0.25) is 19.2 Å². The Morgan fingerprint density at radius 3 is 2.62 bits per heavy atom. The number of allylic oxidation sites excluding steroid dienone is 1. The van der Waals surface area contributed by atoms with E-state index in [-0.39, 0.29) is 50.5 Å². The van der Waals surface area contributed by atoms with Gasteiger partial charge in [-0.2, -0.15) is 0 Å². The van der Waals surface area contributed by atoms with Gasteiger partial charge < -0.3 is 29.7 Å². The highest BCUT2D eigenvalue weighted by atomic mass is 79.9. The molecule has 1 spiro atoms. The molecule has 2 fully saturated rings. The number of β-amino-alcohol motifs (C(OH)–C–C–N with tert-alkyl or cyclic N) is 1. The van der Waals surface area contributed by atoms with E-state index in [0.29, 0.717) is 16.5 Å². The summed E-state index contributed by atoms with van der Waals surface area (Å²) in [6.45, 7) is 3.95. The molecule has 2 saturated heterocycles. The Kier molecular flexibility index (Phi) is 9.20. The fourth-order valence-electron chi connectivity index (χ4n) is 6.76. The van der Waals surface area contributed by atoms with Crippen molar-refractivity contribution in [3.05, 3.63) is 58.6 Å². The number of carbonyl (C=O) groups excluding carboxylic acids is 4. The number of amides is 3. The smallest absolute Gasteiger partial charge is 0.313 e. The molecule has 4 heterocycles. The number of aliphatic hydroxyl groups excluding tert-OH is 1. The average molecular weight is 645 g/mol. The Morgan fingerprint density at radius 2 is 1.90 bits per heavy atom. The van der Waals surface area contributed by atoms with Gasteiger partial charge in [0.1, 0.15) is 29.8 Å². The molecule has 0 radical (unpaired) electrons. The minimum atomic E-state index is -1.39.